The summed E-state index contributed by atoms with van der Waals surface area (Å²) < 4.78 is 0. The van der Waals surface area contributed by atoms with E-state index in [2.05, 4.69) is 13.8 Å². The fourth-order valence-corrected chi connectivity index (χ4v) is 2.63. The topological polar surface area (TPSA) is 40.6 Å². The molecule has 0 aliphatic carbocycles. The van der Waals surface area contributed by atoms with Crippen LogP contribution in [0.1, 0.15) is 54.4 Å². The zero-order valence-electron chi connectivity index (χ0n) is 14.6. The zero-order valence-corrected chi connectivity index (χ0v) is 14.6. The summed E-state index contributed by atoms with van der Waals surface area (Å²) in [7, 11) is 0. The van der Waals surface area contributed by atoms with E-state index in [1.54, 1.807) is 23.6 Å². The molecule has 2 atom stereocenters. The van der Waals surface area contributed by atoms with Crippen LogP contribution in [0.4, 0.5) is 11.4 Å². The SMILES string of the molecule is CCC(C)N(C(C)=O)c1ccc(N(C(C)=O)C(C)CC)cc1. The van der Waals surface area contributed by atoms with Crippen LogP contribution in [0.3, 0.4) is 0 Å². The van der Waals surface area contributed by atoms with Gasteiger partial charge < -0.3 is 9.80 Å². The van der Waals surface area contributed by atoms with Crippen molar-refractivity contribution in [2.24, 2.45) is 0 Å². The molecule has 0 saturated heterocycles. The van der Waals surface area contributed by atoms with E-state index in [0.29, 0.717) is 0 Å². The van der Waals surface area contributed by atoms with Crippen molar-refractivity contribution < 1.29 is 9.59 Å². The summed E-state index contributed by atoms with van der Waals surface area (Å²) in [5.74, 6) is 0.0694. The average molecular weight is 304 g/mol. The van der Waals surface area contributed by atoms with Crippen molar-refractivity contribution in [3.05, 3.63) is 24.3 Å². The Labute approximate surface area is 134 Å². The van der Waals surface area contributed by atoms with Crippen LogP contribution in [0.2, 0.25) is 0 Å². The Hall–Kier alpha value is -1.84. The first-order valence-corrected chi connectivity index (χ1v) is 8.03. The number of anilines is 2. The van der Waals surface area contributed by atoms with Gasteiger partial charge in [-0.1, -0.05) is 13.8 Å². The number of nitrogens with zero attached hydrogens (tertiary/aromatic N) is 2. The molecule has 22 heavy (non-hydrogen) atoms. The van der Waals surface area contributed by atoms with Crippen LogP contribution >= 0.6 is 0 Å². The van der Waals surface area contributed by atoms with E-state index in [4.69, 9.17) is 0 Å². The molecule has 4 nitrogen and oxygen atoms in total. The second kappa shape index (κ2) is 7.97. The van der Waals surface area contributed by atoms with E-state index in [1.165, 1.54) is 0 Å². The Morgan fingerprint density at radius 3 is 1.27 bits per heavy atom. The third-order valence-corrected chi connectivity index (χ3v) is 4.15. The minimum atomic E-state index is 0.0347. The second-order valence-corrected chi connectivity index (χ2v) is 5.81. The molecule has 0 N–H and O–H groups in total. The lowest BCUT2D eigenvalue weighted by Gasteiger charge is -2.30. The Morgan fingerprint density at radius 1 is 0.818 bits per heavy atom. The molecular formula is C18H28N2O2. The van der Waals surface area contributed by atoms with Crippen LogP contribution in [-0.4, -0.2) is 23.9 Å². The highest BCUT2D eigenvalue weighted by atomic mass is 16.2. The fourth-order valence-electron chi connectivity index (χ4n) is 2.63. The summed E-state index contributed by atoms with van der Waals surface area (Å²) in [6.45, 7) is 11.4. The molecule has 2 amide bonds. The van der Waals surface area contributed by atoms with Gasteiger partial charge in [-0.3, -0.25) is 9.59 Å². The standard InChI is InChI=1S/C18H28N2O2/c1-7-13(3)19(15(5)21)17-9-11-18(12-10-17)20(16(6)22)14(4)8-2/h9-14H,7-8H2,1-6H3. The van der Waals surface area contributed by atoms with Gasteiger partial charge in [0.25, 0.3) is 0 Å². The number of benzene rings is 1. The molecule has 4 heteroatoms. The normalized spacial score (nSPS) is 13.4. The predicted octanol–water partition coefficient (Wildman–Crippen LogP) is 3.99. The van der Waals surface area contributed by atoms with Crippen LogP contribution in [-0.2, 0) is 9.59 Å². The molecule has 122 valence electrons. The quantitative estimate of drug-likeness (QED) is 0.797. The van der Waals surface area contributed by atoms with Crippen molar-refractivity contribution in [2.75, 3.05) is 9.80 Å². The summed E-state index contributed by atoms with van der Waals surface area (Å²) >= 11 is 0. The molecular weight excluding hydrogens is 276 g/mol. The molecule has 0 bridgehead atoms. The maximum Gasteiger partial charge on any atom is 0.224 e. The molecule has 1 aromatic carbocycles. The summed E-state index contributed by atoms with van der Waals surface area (Å²) in [6, 6.07) is 7.98. The van der Waals surface area contributed by atoms with Crippen LogP contribution in [0.25, 0.3) is 0 Å². The molecule has 0 aromatic heterocycles. The van der Waals surface area contributed by atoms with E-state index in [1.807, 2.05) is 38.1 Å². The minimum Gasteiger partial charge on any atom is -0.310 e. The molecule has 1 aromatic rings. The first-order valence-electron chi connectivity index (χ1n) is 8.03. The second-order valence-electron chi connectivity index (χ2n) is 5.81. The molecule has 0 saturated carbocycles. The van der Waals surface area contributed by atoms with Gasteiger partial charge in [-0.25, -0.2) is 0 Å². The fraction of sp³-hybridized carbons (Fsp3) is 0.556. The predicted molar refractivity (Wildman–Crippen MR) is 92.3 cm³/mol. The Kier molecular flexibility index (Phi) is 6.60. The van der Waals surface area contributed by atoms with Gasteiger partial charge in [0.15, 0.2) is 0 Å². The van der Waals surface area contributed by atoms with Gasteiger partial charge in [-0.2, -0.15) is 0 Å². The number of hydrogen-bond donors (Lipinski definition) is 0. The Morgan fingerprint density at radius 2 is 1.09 bits per heavy atom. The smallest absolute Gasteiger partial charge is 0.224 e. The van der Waals surface area contributed by atoms with Crippen molar-refractivity contribution >= 4 is 23.2 Å². The molecule has 0 aliphatic rings. The van der Waals surface area contributed by atoms with Crippen molar-refractivity contribution in [3.63, 3.8) is 0 Å². The van der Waals surface area contributed by atoms with E-state index >= 15 is 0 Å². The molecule has 0 aliphatic heterocycles. The first-order chi connectivity index (χ1) is 10.3. The van der Waals surface area contributed by atoms with Crippen LogP contribution < -0.4 is 9.80 Å². The number of hydrogen-bond acceptors (Lipinski definition) is 2. The lowest BCUT2D eigenvalue weighted by molar-refractivity contribution is -0.117. The van der Waals surface area contributed by atoms with Gasteiger partial charge in [0.05, 0.1) is 0 Å². The average Bonchev–Trinajstić information content (AvgIpc) is 2.48. The third kappa shape index (κ3) is 4.09. The largest absolute Gasteiger partial charge is 0.310 e. The summed E-state index contributed by atoms with van der Waals surface area (Å²) in [4.78, 5) is 27.4. The molecule has 0 fully saturated rings. The van der Waals surface area contributed by atoms with Crippen molar-refractivity contribution in [3.8, 4) is 0 Å². The van der Waals surface area contributed by atoms with Crippen LogP contribution in [0.5, 0.6) is 0 Å². The number of carbonyl (C=O) groups excluding carboxylic acids is 2. The molecule has 0 heterocycles. The van der Waals surface area contributed by atoms with Gasteiger partial charge in [0, 0.05) is 37.3 Å². The Balaban J connectivity index is 3.11. The minimum absolute atomic E-state index is 0.0347. The molecule has 2 unspecified atom stereocenters. The lowest BCUT2D eigenvalue weighted by Crippen LogP contribution is -2.37. The highest BCUT2D eigenvalue weighted by Crippen LogP contribution is 2.25. The van der Waals surface area contributed by atoms with Crippen LogP contribution in [0, 0.1) is 0 Å². The third-order valence-electron chi connectivity index (χ3n) is 4.15. The van der Waals surface area contributed by atoms with Crippen molar-refractivity contribution in [2.45, 2.75) is 66.5 Å². The summed E-state index contributed by atoms with van der Waals surface area (Å²) in [5, 5.41) is 0. The lowest BCUT2D eigenvalue weighted by atomic mass is 10.1. The molecule has 0 spiro atoms. The Bertz CT molecular complexity index is 463. The van der Waals surface area contributed by atoms with Crippen LogP contribution in [0.15, 0.2) is 24.3 Å². The summed E-state index contributed by atoms with van der Waals surface area (Å²) in [6.07, 6.45) is 1.79. The van der Waals surface area contributed by atoms with Crippen molar-refractivity contribution in [1.29, 1.82) is 0 Å². The zero-order chi connectivity index (χ0) is 16.9. The van der Waals surface area contributed by atoms with Gasteiger partial charge in [-0.05, 0) is 51.0 Å². The van der Waals surface area contributed by atoms with Gasteiger partial charge in [0.1, 0.15) is 0 Å². The van der Waals surface area contributed by atoms with Gasteiger partial charge >= 0.3 is 0 Å². The number of rotatable bonds is 6. The van der Waals surface area contributed by atoms with Gasteiger partial charge in [-0.15, -0.1) is 0 Å². The molecule has 1 rings (SSSR count). The highest BCUT2D eigenvalue weighted by Gasteiger charge is 2.20. The first kappa shape index (κ1) is 18.2. The monoisotopic (exact) mass is 304 g/mol. The maximum absolute atomic E-state index is 11.9. The van der Waals surface area contributed by atoms with Crippen molar-refractivity contribution in [1.82, 2.24) is 0 Å². The molecule has 0 radical (unpaired) electrons. The van der Waals surface area contributed by atoms with Gasteiger partial charge in [0.2, 0.25) is 11.8 Å². The number of carbonyl (C=O) groups is 2. The summed E-state index contributed by atoms with van der Waals surface area (Å²) in [5.41, 5.74) is 1.75. The van der Waals surface area contributed by atoms with E-state index in [0.717, 1.165) is 24.2 Å². The number of amides is 2. The van der Waals surface area contributed by atoms with E-state index in [-0.39, 0.29) is 23.9 Å². The maximum atomic E-state index is 11.9. The highest BCUT2D eigenvalue weighted by molar-refractivity contribution is 5.94. The van der Waals surface area contributed by atoms with E-state index in [9.17, 15) is 9.59 Å². The van der Waals surface area contributed by atoms with E-state index < -0.39 is 0 Å².